The number of nitrogens with zero attached hydrogens (tertiary/aromatic N) is 4. The van der Waals surface area contributed by atoms with Crippen LogP contribution in [0.2, 0.25) is 0 Å². The number of rotatable bonds is 9. The fraction of sp³-hybridized carbons (Fsp3) is 0.200. The van der Waals surface area contributed by atoms with Crippen LogP contribution >= 0.6 is 0 Å². The number of fused-ring (bicyclic) bond motifs is 2. The minimum atomic E-state index is -3.18. The molecule has 11 heteroatoms. The van der Waals surface area contributed by atoms with E-state index in [1.807, 2.05) is 42.6 Å². The molecule has 4 aromatic heterocycles. The van der Waals surface area contributed by atoms with E-state index in [0.717, 1.165) is 46.5 Å². The lowest BCUT2D eigenvalue weighted by Gasteiger charge is -2.07. The summed E-state index contributed by atoms with van der Waals surface area (Å²) in [4.78, 5) is 17.5. The zero-order valence-electron chi connectivity index (χ0n) is 22.6. The minimum Gasteiger partial charge on any atom is -0.336 e. The third kappa shape index (κ3) is 5.72. The maximum absolute atomic E-state index is 14.6. The standard InChI is InChI=1S/C30H28FN7O2S/c1-3-32-15-19-12-21(17-33-16-19)24-7-8-26-28(34-24)29(38-37-26)30-35-25-6-4-5-23(27(25)36-30)20-11-18(13-22(31)14-20)9-10-41(2,39)40/h4-8,11-14,16-17,32H,3,9-10,15H2,1-2H3,(H,35,36)(H,37,38). The number of hydrogen-bond donors (Lipinski definition) is 3. The maximum Gasteiger partial charge on any atom is 0.161 e. The topological polar surface area (TPSA) is 129 Å². The highest BCUT2D eigenvalue weighted by molar-refractivity contribution is 7.90. The van der Waals surface area contributed by atoms with Gasteiger partial charge < -0.3 is 10.3 Å². The van der Waals surface area contributed by atoms with Gasteiger partial charge in [-0.3, -0.25) is 10.1 Å². The van der Waals surface area contributed by atoms with E-state index in [4.69, 9.17) is 9.97 Å². The summed E-state index contributed by atoms with van der Waals surface area (Å²) >= 11 is 0. The second-order valence-corrected chi connectivity index (χ2v) is 12.3. The number of imidazole rings is 1. The molecule has 41 heavy (non-hydrogen) atoms. The van der Waals surface area contributed by atoms with Crippen molar-refractivity contribution in [3.63, 3.8) is 0 Å². The van der Waals surface area contributed by atoms with Gasteiger partial charge in [0, 0.05) is 36.3 Å². The molecule has 0 saturated carbocycles. The van der Waals surface area contributed by atoms with Crippen LogP contribution in [-0.4, -0.2) is 57.1 Å². The fourth-order valence-electron chi connectivity index (χ4n) is 4.85. The Balaban J connectivity index is 1.39. The molecule has 0 saturated heterocycles. The molecule has 0 aliphatic rings. The van der Waals surface area contributed by atoms with Gasteiger partial charge in [0.25, 0.3) is 0 Å². The molecule has 0 amide bonds. The fourth-order valence-corrected chi connectivity index (χ4v) is 5.46. The Morgan fingerprint density at radius 2 is 1.78 bits per heavy atom. The van der Waals surface area contributed by atoms with Gasteiger partial charge in [-0.15, -0.1) is 0 Å². The summed E-state index contributed by atoms with van der Waals surface area (Å²) in [6, 6.07) is 16.2. The van der Waals surface area contributed by atoms with E-state index in [1.54, 1.807) is 6.20 Å². The van der Waals surface area contributed by atoms with Crippen molar-refractivity contribution < 1.29 is 12.8 Å². The van der Waals surface area contributed by atoms with E-state index in [1.165, 1.54) is 18.4 Å². The lowest BCUT2D eigenvalue weighted by atomic mass is 10.0. The van der Waals surface area contributed by atoms with Crippen molar-refractivity contribution in [3.05, 3.63) is 83.9 Å². The summed E-state index contributed by atoms with van der Waals surface area (Å²) in [7, 11) is -3.18. The number of hydrogen-bond acceptors (Lipinski definition) is 7. The van der Waals surface area contributed by atoms with Crippen LogP contribution < -0.4 is 5.32 Å². The second kappa shape index (κ2) is 10.8. The SMILES string of the molecule is CCNCc1cncc(-c2ccc3[nH]nc(-c4nc5c(-c6cc(F)cc(CCS(C)(=O)=O)c6)cccc5[nH]4)c3n2)c1. The normalized spacial score (nSPS) is 12.0. The first-order valence-electron chi connectivity index (χ1n) is 13.2. The lowest BCUT2D eigenvalue weighted by molar-refractivity contribution is 0.600. The van der Waals surface area contributed by atoms with Gasteiger partial charge in [-0.1, -0.05) is 25.1 Å². The van der Waals surface area contributed by atoms with Crippen LogP contribution in [-0.2, 0) is 22.8 Å². The van der Waals surface area contributed by atoms with Crippen LogP contribution in [0.1, 0.15) is 18.1 Å². The van der Waals surface area contributed by atoms with Gasteiger partial charge in [-0.05, 0) is 66.1 Å². The van der Waals surface area contributed by atoms with Crippen LogP contribution in [0, 0.1) is 5.82 Å². The first-order chi connectivity index (χ1) is 19.8. The number of aromatic amines is 2. The molecular formula is C30H28FN7O2S. The average molecular weight is 570 g/mol. The van der Waals surface area contributed by atoms with Crippen molar-refractivity contribution in [1.82, 2.24) is 35.5 Å². The molecule has 2 aromatic carbocycles. The molecule has 3 N–H and O–H groups in total. The van der Waals surface area contributed by atoms with E-state index < -0.39 is 15.7 Å². The molecule has 9 nitrogen and oxygen atoms in total. The molecule has 0 unspecified atom stereocenters. The van der Waals surface area contributed by atoms with Crippen molar-refractivity contribution in [1.29, 1.82) is 0 Å². The Labute approximate surface area is 236 Å². The predicted octanol–water partition coefficient (Wildman–Crippen LogP) is 5.07. The predicted molar refractivity (Wildman–Crippen MR) is 158 cm³/mol. The van der Waals surface area contributed by atoms with Gasteiger partial charge >= 0.3 is 0 Å². The molecule has 6 aromatic rings. The highest BCUT2D eigenvalue weighted by atomic mass is 32.2. The third-order valence-corrected chi connectivity index (χ3v) is 7.79. The van der Waals surface area contributed by atoms with Crippen molar-refractivity contribution in [2.24, 2.45) is 0 Å². The van der Waals surface area contributed by atoms with Crippen LogP contribution in [0.3, 0.4) is 0 Å². The van der Waals surface area contributed by atoms with Crippen LogP contribution in [0.5, 0.6) is 0 Å². The highest BCUT2D eigenvalue weighted by Gasteiger charge is 2.18. The number of para-hydroxylation sites is 1. The van der Waals surface area contributed by atoms with E-state index in [9.17, 15) is 12.8 Å². The van der Waals surface area contributed by atoms with Gasteiger partial charge in [0.2, 0.25) is 0 Å². The number of sulfone groups is 1. The first kappa shape index (κ1) is 26.7. The van der Waals surface area contributed by atoms with E-state index >= 15 is 0 Å². The average Bonchev–Trinajstić information content (AvgIpc) is 3.58. The Morgan fingerprint density at radius 1 is 0.927 bits per heavy atom. The summed E-state index contributed by atoms with van der Waals surface area (Å²) in [6.07, 6.45) is 5.04. The van der Waals surface area contributed by atoms with E-state index in [-0.39, 0.29) is 12.2 Å². The number of aromatic nitrogens is 6. The van der Waals surface area contributed by atoms with Crippen molar-refractivity contribution in [3.8, 4) is 33.9 Å². The second-order valence-electron chi connectivity index (χ2n) is 10.0. The van der Waals surface area contributed by atoms with Crippen molar-refractivity contribution in [2.75, 3.05) is 18.6 Å². The Bertz CT molecular complexity index is 2000. The summed E-state index contributed by atoms with van der Waals surface area (Å²) in [5, 5.41) is 10.9. The largest absolute Gasteiger partial charge is 0.336 e. The number of aryl methyl sites for hydroxylation is 1. The van der Waals surface area contributed by atoms with Crippen LogP contribution in [0.25, 0.3) is 56.0 Å². The van der Waals surface area contributed by atoms with Gasteiger partial charge in [-0.2, -0.15) is 5.10 Å². The monoisotopic (exact) mass is 569 g/mol. The number of halogens is 1. The van der Waals surface area contributed by atoms with E-state index in [0.29, 0.717) is 33.7 Å². The number of pyridine rings is 2. The number of H-pyrrole nitrogens is 2. The van der Waals surface area contributed by atoms with Gasteiger partial charge in [-0.25, -0.2) is 22.8 Å². The molecule has 0 spiro atoms. The van der Waals surface area contributed by atoms with Gasteiger partial charge in [0.15, 0.2) is 11.5 Å². The molecule has 0 aliphatic heterocycles. The highest BCUT2D eigenvalue weighted by Crippen LogP contribution is 2.32. The summed E-state index contributed by atoms with van der Waals surface area (Å²) < 4.78 is 37.9. The summed E-state index contributed by atoms with van der Waals surface area (Å²) in [5.74, 6) is 0.0398. The summed E-state index contributed by atoms with van der Waals surface area (Å²) in [5.41, 5.74) is 8.09. The summed E-state index contributed by atoms with van der Waals surface area (Å²) in [6.45, 7) is 3.66. The third-order valence-electron chi connectivity index (χ3n) is 6.84. The molecule has 0 atom stereocenters. The Kier molecular flexibility index (Phi) is 7.06. The smallest absolute Gasteiger partial charge is 0.161 e. The minimum absolute atomic E-state index is 0.0517. The lowest BCUT2D eigenvalue weighted by Crippen LogP contribution is -2.11. The van der Waals surface area contributed by atoms with Crippen molar-refractivity contribution >= 4 is 31.9 Å². The molecule has 0 fully saturated rings. The number of benzene rings is 2. The molecule has 4 heterocycles. The molecule has 6 rings (SSSR count). The Morgan fingerprint density at radius 3 is 2.61 bits per heavy atom. The maximum atomic E-state index is 14.6. The zero-order valence-corrected chi connectivity index (χ0v) is 23.4. The van der Waals surface area contributed by atoms with E-state index in [2.05, 4.69) is 38.5 Å². The molecule has 0 aliphatic carbocycles. The first-order valence-corrected chi connectivity index (χ1v) is 15.3. The van der Waals surface area contributed by atoms with Gasteiger partial charge in [0.05, 0.1) is 28.0 Å². The van der Waals surface area contributed by atoms with Gasteiger partial charge in [0.1, 0.15) is 21.2 Å². The molecule has 0 radical (unpaired) electrons. The number of nitrogens with one attached hydrogen (secondary N) is 3. The van der Waals surface area contributed by atoms with Crippen LogP contribution in [0.4, 0.5) is 4.39 Å². The Hall–Kier alpha value is -4.48. The molecule has 208 valence electrons. The quantitative estimate of drug-likeness (QED) is 0.222. The van der Waals surface area contributed by atoms with Crippen LogP contribution in [0.15, 0.2) is 67.0 Å². The molecule has 0 bridgehead atoms. The van der Waals surface area contributed by atoms with Crippen molar-refractivity contribution in [2.45, 2.75) is 19.9 Å². The zero-order chi connectivity index (χ0) is 28.6. The molecular weight excluding hydrogens is 541 g/mol.